The standard InChI is InChI=1S/C11H16BrFN2/c1-14-7-4-8-15(2)10-6-3-5-9(12)11(10)13/h3,5-6,14H,4,7-8H2,1-2H3. The van der Waals surface area contributed by atoms with Crippen molar-refractivity contribution in [2.75, 3.05) is 32.1 Å². The van der Waals surface area contributed by atoms with E-state index in [9.17, 15) is 4.39 Å². The van der Waals surface area contributed by atoms with E-state index in [1.807, 2.05) is 25.1 Å². The van der Waals surface area contributed by atoms with Gasteiger partial charge in [0.1, 0.15) is 0 Å². The SMILES string of the molecule is CNCCCN(C)c1cccc(Br)c1F. The zero-order valence-electron chi connectivity index (χ0n) is 9.06. The summed E-state index contributed by atoms with van der Waals surface area (Å²) in [5.41, 5.74) is 0.639. The molecule has 0 aliphatic heterocycles. The van der Waals surface area contributed by atoms with Crippen LogP contribution in [0.5, 0.6) is 0 Å². The summed E-state index contributed by atoms with van der Waals surface area (Å²) in [6, 6.07) is 5.34. The van der Waals surface area contributed by atoms with E-state index >= 15 is 0 Å². The number of rotatable bonds is 5. The number of anilines is 1. The molecule has 0 atom stereocenters. The minimum atomic E-state index is -0.190. The molecular formula is C11H16BrFN2. The van der Waals surface area contributed by atoms with Gasteiger partial charge in [-0.2, -0.15) is 0 Å². The van der Waals surface area contributed by atoms with Crippen molar-refractivity contribution < 1.29 is 4.39 Å². The van der Waals surface area contributed by atoms with Gasteiger partial charge in [0, 0.05) is 13.6 Å². The Morgan fingerprint density at radius 1 is 1.47 bits per heavy atom. The van der Waals surface area contributed by atoms with Crippen molar-refractivity contribution in [3.8, 4) is 0 Å². The highest BCUT2D eigenvalue weighted by molar-refractivity contribution is 9.10. The van der Waals surface area contributed by atoms with Gasteiger partial charge in [0.15, 0.2) is 5.82 Å². The molecule has 1 aromatic carbocycles. The molecule has 0 amide bonds. The fraction of sp³-hybridized carbons (Fsp3) is 0.455. The lowest BCUT2D eigenvalue weighted by Gasteiger charge is -2.20. The first-order valence-corrected chi connectivity index (χ1v) is 5.76. The molecule has 0 saturated carbocycles. The fourth-order valence-corrected chi connectivity index (χ4v) is 1.76. The summed E-state index contributed by atoms with van der Waals surface area (Å²) in [4.78, 5) is 1.93. The number of nitrogens with zero attached hydrogens (tertiary/aromatic N) is 1. The third kappa shape index (κ3) is 3.47. The Balaban J connectivity index is 2.65. The molecule has 0 heterocycles. The summed E-state index contributed by atoms with van der Waals surface area (Å²) in [5.74, 6) is -0.190. The van der Waals surface area contributed by atoms with Gasteiger partial charge in [-0.3, -0.25) is 0 Å². The lowest BCUT2D eigenvalue weighted by molar-refractivity contribution is 0.612. The van der Waals surface area contributed by atoms with Crippen LogP contribution < -0.4 is 10.2 Å². The highest BCUT2D eigenvalue weighted by Gasteiger charge is 2.09. The highest BCUT2D eigenvalue weighted by atomic mass is 79.9. The van der Waals surface area contributed by atoms with Crippen LogP contribution in [0.25, 0.3) is 0 Å². The fourth-order valence-electron chi connectivity index (χ4n) is 1.40. The van der Waals surface area contributed by atoms with Crippen molar-refractivity contribution >= 4 is 21.6 Å². The Morgan fingerprint density at radius 2 is 2.20 bits per heavy atom. The molecule has 0 aromatic heterocycles. The summed E-state index contributed by atoms with van der Waals surface area (Å²) < 4.78 is 14.2. The third-order valence-electron chi connectivity index (χ3n) is 2.26. The van der Waals surface area contributed by atoms with Gasteiger partial charge in [-0.15, -0.1) is 0 Å². The van der Waals surface area contributed by atoms with Gasteiger partial charge in [-0.25, -0.2) is 4.39 Å². The van der Waals surface area contributed by atoms with E-state index in [-0.39, 0.29) is 5.82 Å². The summed E-state index contributed by atoms with van der Waals surface area (Å²) in [5, 5.41) is 3.07. The van der Waals surface area contributed by atoms with E-state index < -0.39 is 0 Å². The average molecular weight is 275 g/mol. The van der Waals surface area contributed by atoms with Gasteiger partial charge in [0.25, 0.3) is 0 Å². The normalized spacial score (nSPS) is 10.4. The first-order valence-electron chi connectivity index (χ1n) is 4.96. The Labute approximate surface area is 98.6 Å². The van der Waals surface area contributed by atoms with Gasteiger partial charge in [-0.1, -0.05) is 6.07 Å². The Morgan fingerprint density at radius 3 is 2.87 bits per heavy atom. The summed E-state index contributed by atoms with van der Waals surface area (Å²) in [6.07, 6.45) is 0.999. The molecule has 0 aliphatic rings. The first-order chi connectivity index (χ1) is 7.16. The monoisotopic (exact) mass is 274 g/mol. The van der Waals surface area contributed by atoms with Crippen LogP contribution >= 0.6 is 15.9 Å². The van der Waals surface area contributed by atoms with E-state index in [4.69, 9.17) is 0 Å². The molecule has 0 aliphatic carbocycles. The van der Waals surface area contributed by atoms with Gasteiger partial charge < -0.3 is 10.2 Å². The first kappa shape index (κ1) is 12.5. The zero-order valence-corrected chi connectivity index (χ0v) is 10.6. The van der Waals surface area contributed by atoms with E-state index in [0.717, 1.165) is 19.5 Å². The van der Waals surface area contributed by atoms with Crippen LogP contribution in [0.4, 0.5) is 10.1 Å². The molecule has 0 radical (unpaired) electrons. The van der Waals surface area contributed by atoms with Gasteiger partial charge in [0.05, 0.1) is 10.2 Å². The summed E-state index contributed by atoms with van der Waals surface area (Å²) >= 11 is 3.18. The van der Waals surface area contributed by atoms with Crippen LogP contribution in [0.3, 0.4) is 0 Å². The Hall–Kier alpha value is -0.610. The average Bonchev–Trinajstić information content (AvgIpc) is 2.22. The molecule has 0 fully saturated rings. The van der Waals surface area contributed by atoms with Crippen LogP contribution in [0.15, 0.2) is 22.7 Å². The maximum atomic E-state index is 13.7. The Bertz CT molecular complexity index is 317. The van der Waals surface area contributed by atoms with Crippen LogP contribution in [0.1, 0.15) is 6.42 Å². The highest BCUT2D eigenvalue weighted by Crippen LogP contribution is 2.24. The minimum absolute atomic E-state index is 0.190. The molecular weight excluding hydrogens is 259 g/mol. The topological polar surface area (TPSA) is 15.3 Å². The Kier molecular flexibility index (Phi) is 5.05. The number of hydrogen-bond acceptors (Lipinski definition) is 2. The second-order valence-electron chi connectivity index (χ2n) is 3.45. The lowest BCUT2D eigenvalue weighted by atomic mass is 10.2. The zero-order chi connectivity index (χ0) is 11.3. The van der Waals surface area contributed by atoms with E-state index in [1.54, 1.807) is 12.1 Å². The smallest absolute Gasteiger partial charge is 0.160 e. The van der Waals surface area contributed by atoms with Crippen molar-refractivity contribution in [1.29, 1.82) is 0 Å². The van der Waals surface area contributed by atoms with Crippen molar-refractivity contribution in [2.24, 2.45) is 0 Å². The molecule has 4 heteroatoms. The maximum absolute atomic E-state index is 13.7. The van der Waals surface area contributed by atoms with E-state index in [1.165, 1.54) is 0 Å². The molecule has 1 rings (SSSR count). The number of nitrogens with one attached hydrogen (secondary N) is 1. The summed E-state index contributed by atoms with van der Waals surface area (Å²) in [7, 11) is 3.82. The molecule has 1 aromatic rings. The second kappa shape index (κ2) is 6.08. The van der Waals surface area contributed by atoms with Crippen molar-refractivity contribution in [3.05, 3.63) is 28.5 Å². The van der Waals surface area contributed by atoms with Crippen LogP contribution in [-0.4, -0.2) is 27.2 Å². The number of halogens is 2. The predicted octanol–water partition coefficient (Wildman–Crippen LogP) is 2.63. The quantitative estimate of drug-likeness (QED) is 0.831. The van der Waals surface area contributed by atoms with Crippen LogP contribution in [-0.2, 0) is 0 Å². The van der Waals surface area contributed by atoms with Crippen LogP contribution in [0.2, 0.25) is 0 Å². The second-order valence-corrected chi connectivity index (χ2v) is 4.31. The van der Waals surface area contributed by atoms with E-state index in [2.05, 4.69) is 21.2 Å². The molecule has 0 unspecified atom stereocenters. The number of benzene rings is 1. The molecule has 2 nitrogen and oxygen atoms in total. The van der Waals surface area contributed by atoms with Crippen molar-refractivity contribution in [1.82, 2.24) is 5.32 Å². The van der Waals surface area contributed by atoms with Crippen molar-refractivity contribution in [2.45, 2.75) is 6.42 Å². The minimum Gasteiger partial charge on any atom is -0.372 e. The molecule has 0 bridgehead atoms. The third-order valence-corrected chi connectivity index (χ3v) is 2.88. The largest absolute Gasteiger partial charge is 0.372 e. The lowest BCUT2D eigenvalue weighted by Crippen LogP contribution is -2.23. The predicted molar refractivity (Wildman–Crippen MR) is 65.9 cm³/mol. The van der Waals surface area contributed by atoms with Crippen LogP contribution in [0, 0.1) is 5.82 Å². The molecule has 15 heavy (non-hydrogen) atoms. The van der Waals surface area contributed by atoms with Crippen molar-refractivity contribution in [3.63, 3.8) is 0 Å². The number of hydrogen-bond donors (Lipinski definition) is 1. The van der Waals surface area contributed by atoms with Gasteiger partial charge >= 0.3 is 0 Å². The van der Waals surface area contributed by atoms with Gasteiger partial charge in [0.2, 0.25) is 0 Å². The van der Waals surface area contributed by atoms with E-state index in [0.29, 0.717) is 10.2 Å². The molecule has 0 saturated heterocycles. The molecule has 84 valence electrons. The molecule has 1 N–H and O–H groups in total. The molecule has 0 spiro atoms. The summed E-state index contributed by atoms with van der Waals surface area (Å²) in [6.45, 7) is 1.79. The maximum Gasteiger partial charge on any atom is 0.160 e. The van der Waals surface area contributed by atoms with Gasteiger partial charge in [-0.05, 0) is 48.1 Å².